The average molecular weight is 429 g/mol. The third-order valence-corrected chi connectivity index (χ3v) is 5.51. The van der Waals surface area contributed by atoms with Crippen LogP contribution in [0, 0.1) is 6.92 Å². The number of fused-ring (bicyclic) bond motifs is 2. The van der Waals surface area contributed by atoms with Gasteiger partial charge >= 0.3 is 0 Å². The normalized spacial score (nSPS) is 11.3. The zero-order valence-electron chi connectivity index (χ0n) is 17.1. The molecule has 0 fully saturated rings. The van der Waals surface area contributed by atoms with Crippen LogP contribution in [0.5, 0.6) is 0 Å². The van der Waals surface area contributed by atoms with Crippen LogP contribution in [0.15, 0.2) is 60.9 Å². The molecule has 154 valence electrons. The molecule has 0 spiro atoms. The van der Waals surface area contributed by atoms with Crippen molar-refractivity contribution in [2.75, 3.05) is 11.9 Å². The van der Waals surface area contributed by atoms with Crippen LogP contribution in [0.4, 0.5) is 5.82 Å². The van der Waals surface area contributed by atoms with Crippen molar-refractivity contribution < 1.29 is 0 Å². The number of aryl methyl sites for hydroxylation is 2. The second-order valence-corrected chi connectivity index (χ2v) is 7.91. The molecule has 2 N–H and O–H groups in total. The first kappa shape index (κ1) is 19.5. The van der Waals surface area contributed by atoms with Gasteiger partial charge < -0.3 is 10.3 Å². The van der Waals surface area contributed by atoms with E-state index in [0.29, 0.717) is 5.02 Å². The van der Waals surface area contributed by atoms with Gasteiger partial charge in [-0.3, -0.25) is 0 Å². The average Bonchev–Trinajstić information content (AvgIpc) is 3.18. The lowest BCUT2D eigenvalue weighted by molar-refractivity contribution is 0.817. The minimum atomic E-state index is 0.706. The van der Waals surface area contributed by atoms with Gasteiger partial charge in [-0.15, -0.1) is 0 Å². The van der Waals surface area contributed by atoms with Crippen molar-refractivity contribution in [1.82, 2.24) is 24.9 Å². The van der Waals surface area contributed by atoms with Crippen molar-refractivity contribution in [3.63, 3.8) is 0 Å². The summed E-state index contributed by atoms with van der Waals surface area (Å²) in [5, 5.41) is 4.12. The van der Waals surface area contributed by atoms with Gasteiger partial charge in [0.1, 0.15) is 17.7 Å². The lowest BCUT2D eigenvalue weighted by Crippen LogP contribution is -2.07. The summed E-state index contributed by atoms with van der Waals surface area (Å²) < 4.78 is 0. The number of rotatable bonds is 6. The van der Waals surface area contributed by atoms with Gasteiger partial charge in [0.05, 0.1) is 22.2 Å². The maximum absolute atomic E-state index is 6.05. The van der Waals surface area contributed by atoms with Gasteiger partial charge in [0.2, 0.25) is 0 Å². The fourth-order valence-electron chi connectivity index (χ4n) is 3.70. The Morgan fingerprint density at radius 3 is 2.74 bits per heavy atom. The first-order valence-electron chi connectivity index (χ1n) is 10.2. The van der Waals surface area contributed by atoms with Crippen molar-refractivity contribution >= 4 is 39.5 Å². The van der Waals surface area contributed by atoms with Gasteiger partial charge in [-0.1, -0.05) is 35.9 Å². The highest BCUT2D eigenvalue weighted by Gasteiger charge is 2.09. The second kappa shape index (κ2) is 8.32. The lowest BCUT2D eigenvalue weighted by atomic mass is 10.1. The lowest BCUT2D eigenvalue weighted by Gasteiger charge is -2.10. The van der Waals surface area contributed by atoms with Gasteiger partial charge in [0.25, 0.3) is 0 Å². The number of nitrogens with one attached hydrogen (secondary N) is 2. The summed E-state index contributed by atoms with van der Waals surface area (Å²) in [6, 6.07) is 17.9. The molecular formula is C24H21ClN6. The van der Waals surface area contributed by atoms with Crippen molar-refractivity contribution in [3.8, 4) is 11.3 Å². The highest BCUT2D eigenvalue weighted by molar-refractivity contribution is 6.31. The second-order valence-electron chi connectivity index (χ2n) is 7.48. The Morgan fingerprint density at radius 1 is 0.968 bits per heavy atom. The Bertz CT molecular complexity index is 1380. The summed E-state index contributed by atoms with van der Waals surface area (Å²) in [6.07, 6.45) is 3.30. The number of pyridine rings is 1. The summed E-state index contributed by atoms with van der Waals surface area (Å²) in [4.78, 5) is 21.6. The SMILES string of the molecule is Cc1ccccc1-c1ccc2ncnc(NCCCc3nc4ccc(Cl)cc4[nH]3)c2n1. The first-order valence-corrected chi connectivity index (χ1v) is 10.6. The molecule has 3 heterocycles. The van der Waals surface area contributed by atoms with E-state index in [1.807, 2.05) is 42.5 Å². The highest BCUT2D eigenvalue weighted by Crippen LogP contribution is 2.25. The number of hydrogen-bond acceptors (Lipinski definition) is 5. The Labute approximate surface area is 184 Å². The molecule has 3 aromatic heterocycles. The van der Waals surface area contributed by atoms with Crippen LogP contribution >= 0.6 is 11.6 Å². The number of anilines is 1. The zero-order chi connectivity index (χ0) is 21.2. The van der Waals surface area contributed by atoms with E-state index in [2.05, 4.69) is 44.3 Å². The van der Waals surface area contributed by atoms with Crippen LogP contribution in [0.3, 0.4) is 0 Å². The highest BCUT2D eigenvalue weighted by atomic mass is 35.5. The minimum Gasteiger partial charge on any atom is -0.368 e. The predicted octanol–water partition coefficient (Wildman–Crippen LogP) is 5.57. The van der Waals surface area contributed by atoms with Crippen LogP contribution in [-0.4, -0.2) is 31.5 Å². The first-order chi connectivity index (χ1) is 15.2. The van der Waals surface area contributed by atoms with Gasteiger partial charge in [0.15, 0.2) is 5.82 Å². The van der Waals surface area contributed by atoms with E-state index in [1.165, 1.54) is 5.56 Å². The van der Waals surface area contributed by atoms with E-state index in [4.69, 9.17) is 16.6 Å². The molecule has 0 atom stereocenters. The molecule has 0 aliphatic heterocycles. The molecule has 5 aromatic rings. The van der Waals surface area contributed by atoms with Crippen molar-refractivity contribution in [2.45, 2.75) is 19.8 Å². The molecule has 0 unspecified atom stereocenters. The maximum atomic E-state index is 6.05. The Balaban J connectivity index is 1.31. The standard InChI is InChI=1S/C24H21ClN6/c1-15-5-2-3-6-17(15)18-10-11-20-23(31-18)24(28-14-27-20)26-12-4-7-22-29-19-9-8-16(25)13-21(19)30-22/h2-3,5-6,8-11,13-14H,4,7,12H2,1H3,(H,29,30)(H,26,27,28). The molecule has 6 nitrogen and oxygen atoms in total. The number of imidazole rings is 1. The molecule has 0 radical (unpaired) electrons. The summed E-state index contributed by atoms with van der Waals surface area (Å²) in [6.45, 7) is 2.84. The van der Waals surface area contributed by atoms with Crippen LogP contribution in [0.1, 0.15) is 17.8 Å². The van der Waals surface area contributed by atoms with Crippen LogP contribution in [-0.2, 0) is 6.42 Å². The van der Waals surface area contributed by atoms with E-state index in [0.717, 1.165) is 64.4 Å². The molecule has 0 aliphatic carbocycles. The molecule has 31 heavy (non-hydrogen) atoms. The molecule has 0 saturated carbocycles. The van der Waals surface area contributed by atoms with Gasteiger partial charge in [-0.25, -0.2) is 19.9 Å². The summed E-state index contributed by atoms with van der Waals surface area (Å²) in [5.41, 5.74) is 6.72. The number of aromatic nitrogens is 5. The van der Waals surface area contributed by atoms with Crippen LogP contribution in [0.2, 0.25) is 5.02 Å². The smallest absolute Gasteiger partial charge is 0.156 e. The molecule has 7 heteroatoms. The van der Waals surface area contributed by atoms with E-state index in [9.17, 15) is 0 Å². The van der Waals surface area contributed by atoms with Crippen LogP contribution in [0.25, 0.3) is 33.3 Å². The van der Waals surface area contributed by atoms with Crippen molar-refractivity contribution in [3.05, 3.63) is 77.3 Å². The van der Waals surface area contributed by atoms with E-state index >= 15 is 0 Å². The molecule has 0 amide bonds. The maximum Gasteiger partial charge on any atom is 0.156 e. The number of nitrogens with zero attached hydrogens (tertiary/aromatic N) is 4. The quantitative estimate of drug-likeness (QED) is 0.345. The Morgan fingerprint density at radius 2 is 1.84 bits per heavy atom. The molecule has 0 aliphatic rings. The number of H-pyrrole nitrogens is 1. The monoisotopic (exact) mass is 428 g/mol. The van der Waals surface area contributed by atoms with Gasteiger partial charge in [0, 0.05) is 23.6 Å². The third kappa shape index (κ3) is 4.07. The molecule has 2 aromatic carbocycles. The van der Waals surface area contributed by atoms with Gasteiger partial charge in [-0.2, -0.15) is 0 Å². The summed E-state index contributed by atoms with van der Waals surface area (Å²) >= 11 is 6.05. The van der Waals surface area contributed by atoms with Gasteiger partial charge in [-0.05, 0) is 49.2 Å². The fraction of sp³-hybridized carbons (Fsp3) is 0.167. The Kier molecular flexibility index (Phi) is 5.22. The van der Waals surface area contributed by atoms with Crippen molar-refractivity contribution in [1.29, 1.82) is 0 Å². The van der Waals surface area contributed by atoms with E-state index in [-0.39, 0.29) is 0 Å². The van der Waals surface area contributed by atoms with E-state index in [1.54, 1.807) is 6.33 Å². The predicted molar refractivity (Wildman–Crippen MR) is 125 cm³/mol. The molecule has 0 bridgehead atoms. The topological polar surface area (TPSA) is 79.4 Å². The molecule has 5 rings (SSSR count). The zero-order valence-corrected chi connectivity index (χ0v) is 17.8. The largest absolute Gasteiger partial charge is 0.368 e. The third-order valence-electron chi connectivity index (χ3n) is 5.28. The van der Waals surface area contributed by atoms with Crippen LogP contribution < -0.4 is 5.32 Å². The number of halogens is 1. The minimum absolute atomic E-state index is 0.706. The summed E-state index contributed by atoms with van der Waals surface area (Å²) in [5.74, 6) is 1.70. The molecule has 0 saturated heterocycles. The van der Waals surface area contributed by atoms with E-state index < -0.39 is 0 Å². The number of aromatic amines is 1. The number of benzene rings is 2. The fourth-order valence-corrected chi connectivity index (χ4v) is 3.87. The summed E-state index contributed by atoms with van der Waals surface area (Å²) in [7, 11) is 0. The molecular weight excluding hydrogens is 408 g/mol. The van der Waals surface area contributed by atoms with Crippen molar-refractivity contribution in [2.24, 2.45) is 0 Å². The number of hydrogen-bond donors (Lipinski definition) is 2. The Hall–Kier alpha value is -3.51.